The molecule has 0 saturated carbocycles. The van der Waals surface area contributed by atoms with E-state index in [2.05, 4.69) is 14.8 Å². The van der Waals surface area contributed by atoms with Crippen LogP contribution in [0.25, 0.3) is 0 Å². The topological polar surface area (TPSA) is 146 Å². The number of piperazine rings is 2. The van der Waals surface area contributed by atoms with Gasteiger partial charge in [0.15, 0.2) is 0 Å². The summed E-state index contributed by atoms with van der Waals surface area (Å²) in [5.74, 6) is -0.498. The van der Waals surface area contributed by atoms with Gasteiger partial charge < -0.3 is 19.6 Å². The van der Waals surface area contributed by atoms with Gasteiger partial charge in [-0.1, -0.05) is 6.07 Å². The van der Waals surface area contributed by atoms with E-state index < -0.39 is 9.85 Å². The number of nitro groups is 2. The van der Waals surface area contributed by atoms with E-state index in [4.69, 9.17) is 0 Å². The molecule has 13 nitrogen and oxygen atoms in total. The third-order valence-corrected chi connectivity index (χ3v) is 7.17. The monoisotopic (exact) mass is 545 g/mol. The van der Waals surface area contributed by atoms with Gasteiger partial charge in [0, 0.05) is 88.0 Å². The molecule has 0 N–H and O–H groups in total. The summed E-state index contributed by atoms with van der Waals surface area (Å²) >= 11 is 0. The molecular formula is C27H27N7O6. The van der Waals surface area contributed by atoms with Crippen LogP contribution in [0.1, 0.15) is 21.0 Å². The second-order valence-corrected chi connectivity index (χ2v) is 9.51. The van der Waals surface area contributed by atoms with E-state index in [-0.39, 0.29) is 34.6 Å². The Morgan fingerprint density at radius 1 is 0.575 bits per heavy atom. The molecule has 5 rings (SSSR count). The maximum atomic E-state index is 13.2. The van der Waals surface area contributed by atoms with Crippen LogP contribution < -0.4 is 9.80 Å². The fourth-order valence-electron chi connectivity index (χ4n) is 4.90. The maximum Gasteiger partial charge on any atom is 0.272 e. The van der Waals surface area contributed by atoms with Crippen molar-refractivity contribution in [3.05, 3.63) is 98.3 Å². The number of anilines is 2. The van der Waals surface area contributed by atoms with Gasteiger partial charge in [-0.3, -0.25) is 29.8 Å². The minimum absolute atomic E-state index is 0.0319. The average molecular weight is 546 g/mol. The molecule has 0 aliphatic carbocycles. The molecule has 3 heterocycles. The van der Waals surface area contributed by atoms with Crippen LogP contribution in [0.15, 0.2) is 66.7 Å². The second-order valence-electron chi connectivity index (χ2n) is 9.51. The Morgan fingerprint density at radius 2 is 0.925 bits per heavy atom. The fourth-order valence-corrected chi connectivity index (χ4v) is 4.90. The van der Waals surface area contributed by atoms with Crippen molar-refractivity contribution in [1.82, 2.24) is 14.8 Å². The fraction of sp³-hybridized carbons (Fsp3) is 0.296. The molecule has 2 aromatic carbocycles. The molecule has 2 aliphatic rings. The van der Waals surface area contributed by atoms with Gasteiger partial charge in [0.1, 0.15) is 11.4 Å². The third kappa shape index (κ3) is 5.67. The molecule has 40 heavy (non-hydrogen) atoms. The van der Waals surface area contributed by atoms with Crippen molar-refractivity contribution < 1.29 is 19.4 Å². The number of non-ortho nitro benzene ring substituents is 2. The van der Waals surface area contributed by atoms with Gasteiger partial charge in [0.2, 0.25) is 0 Å². The normalized spacial score (nSPS) is 15.6. The van der Waals surface area contributed by atoms with E-state index in [1.54, 1.807) is 52.3 Å². The van der Waals surface area contributed by atoms with Gasteiger partial charge in [-0.2, -0.15) is 0 Å². The minimum atomic E-state index is -0.436. The number of nitrogens with zero attached hydrogens (tertiary/aromatic N) is 7. The highest BCUT2D eigenvalue weighted by molar-refractivity contribution is 5.96. The number of amides is 2. The standard InChI is InChI=1S/C27H27N7O6/c35-26(31-16-12-29(13-17-31)20-4-8-22(9-5-20)33(37)38)24-2-1-3-25(28-24)27(36)32-18-14-30(15-19-32)21-6-10-23(11-7-21)34(39)40/h1-11H,12-19H2. The maximum absolute atomic E-state index is 13.2. The van der Waals surface area contributed by atoms with Crippen LogP contribution in [-0.2, 0) is 0 Å². The summed E-state index contributed by atoms with van der Waals surface area (Å²) in [6, 6.07) is 17.6. The first kappa shape index (κ1) is 26.5. The number of aromatic nitrogens is 1. The van der Waals surface area contributed by atoms with E-state index in [1.807, 2.05) is 0 Å². The highest BCUT2D eigenvalue weighted by Crippen LogP contribution is 2.23. The van der Waals surface area contributed by atoms with Crippen LogP contribution in [0.4, 0.5) is 22.7 Å². The zero-order valence-electron chi connectivity index (χ0n) is 21.6. The molecule has 1 aromatic heterocycles. The molecule has 2 amide bonds. The number of pyridine rings is 1. The van der Waals surface area contributed by atoms with Crippen LogP contribution in [-0.4, -0.2) is 88.8 Å². The van der Waals surface area contributed by atoms with Crippen molar-refractivity contribution in [2.24, 2.45) is 0 Å². The Bertz CT molecular complexity index is 1310. The molecule has 2 aliphatic heterocycles. The molecule has 0 atom stereocenters. The van der Waals surface area contributed by atoms with Crippen LogP contribution in [0.5, 0.6) is 0 Å². The molecule has 0 spiro atoms. The van der Waals surface area contributed by atoms with Gasteiger partial charge in [-0.25, -0.2) is 4.98 Å². The van der Waals surface area contributed by atoms with Crippen molar-refractivity contribution in [2.75, 3.05) is 62.2 Å². The molecule has 2 fully saturated rings. The van der Waals surface area contributed by atoms with Crippen LogP contribution in [0.2, 0.25) is 0 Å². The predicted octanol–water partition coefficient (Wildman–Crippen LogP) is 2.82. The largest absolute Gasteiger partial charge is 0.368 e. The molecular weight excluding hydrogens is 518 g/mol. The molecule has 0 unspecified atom stereocenters. The number of hydrogen-bond acceptors (Lipinski definition) is 9. The highest BCUT2D eigenvalue weighted by atomic mass is 16.6. The average Bonchev–Trinajstić information content (AvgIpc) is 3.00. The van der Waals surface area contributed by atoms with Crippen molar-refractivity contribution in [3.8, 4) is 0 Å². The van der Waals surface area contributed by atoms with Crippen molar-refractivity contribution in [3.63, 3.8) is 0 Å². The second kappa shape index (κ2) is 11.4. The lowest BCUT2D eigenvalue weighted by Gasteiger charge is -2.36. The van der Waals surface area contributed by atoms with Crippen LogP contribution >= 0.6 is 0 Å². The molecule has 206 valence electrons. The molecule has 3 aromatic rings. The summed E-state index contributed by atoms with van der Waals surface area (Å²) < 4.78 is 0. The van der Waals surface area contributed by atoms with E-state index in [9.17, 15) is 29.8 Å². The van der Waals surface area contributed by atoms with Gasteiger partial charge in [0.05, 0.1) is 9.85 Å². The van der Waals surface area contributed by atoms with Crippen LogP contribution in [0.3, 0.4) is 0 Å². The predicted molar refractivity (Wildman–Crippen MR) is 147 cm³/mol. The zero-order chi connectivity index (χ0) is 28.2. The van der Waals surface area contributed by atoms with Gasteiger partial charge in [-0.05, 0) is 36.4 Å². The van der Waals surface area contributed by atoms with Gasteiger partial charge in [-0.15, -0.1) is 0 Å². The lowest BCUT2D eigenvalue weighted by molar-refractivity contribution is -0.385. The Morgan fingerprint density at radius 3 is 1.25 bits per heavy atom. The smallest absolute Gasteiger partial charge is 0.272 e. The number of nitro benzene ring substituents is 2. The highest BCUT2D eigenvalue weighted by Gasteiger charge is 2.27. The number of rotatable bonds is 6. The molecule has 13 heteroatoms. The zero-order valence-corrected chi connectivity index (χ0v) is 21.6. The summed E-state index contributed by atoms with van der Waals surface area (Å²) in [5.41, 5.74) is 2.20. The van der Waals surface area contributed by atoms with Crippen LogP contribution in [0, 0.1) is 20.2 Å². The molecule has 0 radical (unpaired) electrons. The number of hydrogen-bond donors (Lipinski definition) is 0. The van der Waals surface area contributed by atoms with Crippen molar-refractivity contribution in [1.29, 1.82) is 0 Å². The van der Waals surface area contributed by atoms with Gasteiger partial charge in [0.25, 0.3) is 23.2 Å². The Hall–Kier alpha value is -5.07. The Kier molecular flexibility index (Phi) is 7.53. The Balaban J connectivity index is 1.16. The lowest BCUT2D eigenvalue weighted by atomic mass is 10.2. The lowest BCUT2D eigenvalue weighted by Crippen LogP contribution is -2.49. The quantitative estimate of drug-likeness (QED) is 0.337. The van der Waals surface area contributed by atoms with E-state index in [0.717, 1.165) is 11.4 Å². The van der Waals surface area contributed by atoms with E-state index >= 15 is 0 Å². The first-order valence-electron chi connectivity index (χ1n) is 12.8. The van der Waals surface area contributed by atoms with Crippen molar-refractivity contribution in [2.45, 2.75) is 0 Å². The minimum Gasteiger partial charge on any atom is -0.368 e. The number of benzene rings is 2. The number of carbonyl (C=O) groups excluding carboxylic acids is 2. The van der Waals surface area contributed by atoms with Crippen molar-refractivity contribution >= 4 is 34.6 Å². The molecule has 0 bridgehead atoms. The summed E-state index contributed by atoms with van der Waals surface area (Å²) in [5, 5.41) is 21.8. The summed E-state index contributed by atoms with van der Waals surface area (Å²) in [6.45, 7) is 4.12. The Labute approximate surface area is 229 Å². The van der Waals surface area contributed by atoms with E-state index in [1.165, 1.54) is 24.3 Å². The third-order valence-electron chi connectivity index (χ3n) is 7.17. The summed E-state index contributed by atoms with van der Waals surface area (Å²) in [6.07, 6.45) is 0. The van der Waals surface area contributed by atoms with E-state index in [0.29, 0.717) is 52.4 Å². The summed E-state index contributed by atoms with van der Waals surface area (Å²) in [7, 11) is 0. The summed E-state index contributed by atoms with van der Waals surface area (Å²) in [4.78, 5) is 59.2. The first-order valence-corrected chi connectivity index (χ1v) is 12.8. The molecule has 2 saturated heterocycles. The SMILES string of the molecule is O=C(c1cccc(C(=O)N2CCN(c3ccc([N+](=O)[O-])cc3)CC2)n1)N1CCN(c2ccc([N+](=O)[O-])cc2)CC1. The number of carbonyl (C=O) groups is 2. The van der Waals surface area contributed by atoms with Gasteiger partial charge >= 0.3 is 0 Å². The first-order chi connectivity index (χ1) is 19.3.